The second-order valence-electron chi connectivity index (χ2n) is 4.99. The molecule has 0 bridgehead atoms. The molecule has 0 unspecified atom stereocenters. The molecule has 1 aromatic rings. The molecular weight excluding hydrogens is 276 g/mol. The summed E-state index contributed by atoms with van der Waals surface area (Å²) in [6.07, 6.45) is 3.54. The monoisotopic (exact) mass is 296 g/mol. The van der Waals surface area contributed by atoms with E-state index in [9.17, 15) is 4.79 Å². The summed E-state index contributed by atoms with van der Waals surface area (Å²) in [4.78, 5) is 14.5. The van der Waals surface area contributed by atoms with Gasteiger partial charge in [0.05, 0.1) is 11.3 Å². The molecule has 6 heteroatoms. The summed E-state index contributed by atoms with van der Waals surface area (Å²) in [5.74, 6) is 5.25. The molecule has 1 heterocycles. The van der Waals surface area contributed by atoms with Gasteiger partial charge in [-0.1, -0.05) is 11.6 Å². The van der Waals surface area contributed by atoms with Crippen molar-refractivity contribution in [2.75, 3.05) is 31.6 Å². The topological polar surface area (TPSA) is 70.4 Å². The van der Waals surface area contributed by atoms with Crippen LogP contribution in [0.2, 0.25) is 5.02 Å². The van der Waals surface area contributed by atoms with E-state index in [1.165, 1.54) is 25.9 Å². The average molecular weight is 297 g/mol. The predicted molar refractivity (Wildman–Crippen MR) is 81.9 cm³/mol. The Bertz CT molecular complexity index is 460. The van der Waals surface area contributed by atoms with Gasteiger partial charge < -0.3 is 15.6 Å². The van der Waals surface area contributed by atoms with Crippen molar-refractivity contribution in [3.63, 3.8) is 0 Å². The fraction of sp³-hybridized carbons (Fsp3) is 0.500. The maximum Gasteiger partial charge on any atom is 0.253 e. The Hall–Kier alpha value is -1.30. The van der Waals surface area contributed by atoms with Crippen LogP contribution >= 0.6 is 11.6 Å². The number of carbonyl (C=O) groups excluding carboxylic acids is 1. The number of likely N-dealkylation sites (tertiary alicyclic amines) is 1. The molecule has 1 saturated heterocycles. The third-order valence-corrected chi connectivity index (χ3v) is 3.75. The summed E-state index contributed by atoms with van der Waals surface area (Å²) in [7, 11) is 0. The second-order valence-corrected chi connectivity index (χ2v) is 5.43. The summed E-state index contributed by atoms with van der Waals surface area (Å²) in [5, 5.41) is 3.42. The lowest BCUT2D eigenvalue weighted by molar-refractivity contribution is 0.0953. The van der Waals surface area contributed by atoms with Gasteiger partial charge in [0.2, 0.25) is 0 Å². The van der Waals surface area contributed by atoms with Gasteiger partial charge in [0, 0.05) is 11.6 Å². The van der Waals surface area contributed by atoms with Crippen molar-refractivity contribution in [1.29, 1.82) is 0 Å². The molecule has 1 aliphatic heterocycles. The van der Waals surface area contributed by atoms with Crippen LogP contribution in [0.1, 0.15) is 29.6 Å². The highest BCUT2D eigenvalue weighted by atomic mass is 35.5. The number of hydrogen-bond acceptors (Lipinski definition) is 4. The highest BCUT2D eigenvalue weighted by Gasteiger charge is 2.13. The summed E-state index contributed by atoms with van der Waals surface area (Å²) in [6, 6.07) is 5.01. The minimum atomic E-state index is -0.151. The number of halogens is 1. The molecule has 2 rings (SSSR count). The van der Waals surface area contributed by atoms with Crippen molar-refractivity contribution in [2.24, 2.45) is 5.84 Å². The highest BCUT2D eigenvalue weighted by Crippen LogP contribution is 2.19. The summed E-state index contributed by atoms with van der Waals surface area (Å²) in [6.45, 7) is 4.07. The van der Waals surface area contributed by atoms with Crippen LogP contribution in [0, 0.1) is 0 Å². The van der Waals surface area contributed by atoms with Gasteiger partial charge in [-0.3, -0.25) is 10.6 Å². The molecule has 0 saturated carbocycles. The normalized spacial score (nSPS) is 15.3. The van der Waals surface area contributed by atoms with Gasteiger partial charge in [-0.05, 0) is 57.1 Å². The number of carbonyl (C=O) groups is 1. The van der Waals surface area contributed by atoms with Crippen LogP contribution in [0.25, 0.3) is 0 Å². The van der Waals surface area contributed by atoms with Gasteiger partial charge in [-0.25, -0.2) is 0 Å². The van der Waals surface area contributed by atoms with Crippen molar-refractivity contribution in [1.82, 2.24) is 10.2 Å². The minimum absolute atomic E-state index is 0.151. The highest BCUT2D eigenvalue weighted by molar-refractivity contribution is 6.31. The number of nitrogens with two attached hydrogens (primary N) is 1. The first-order chi connectivity index (χ1) is 9.70. The van der Waals surface area contributed by atoms with E-state index in [-0.39, 0.29) is 5.91 Å². The maximum atomic E-state index is 12.1. The third-order valence-electron chi connectivity index (χ3n) is 3.52. The first-order valence-corrected chi connectivity index (χ1v) is 7.35. The zero-order valence-corrected chi connectivity index (χ0v) is 12.2. The van der Waals surface area contributed by atoms with Crippen molar-refractivity contribution in [2.45, 2.75) is 19.3 Å². The quantitative estimate of drug-likeness (QED) is 0.426. The number of nitrogen functional groups attached to an aromatic ring is 1. The van der Waals surface area contributed by atoms with Gasteiger partial charge >= 0.3 is 0 Å². The molecule has 0 atom stereocenters. The largest absolute Gasteiger partial charge is 0.352 e. The fourth-order valence-corrected chi connectivity index (χ4v) is 2.61. The summed E-state index contributed by atoms with van der Waals surface area (Å²) < 4.78 is 0. The maximum absolute atomic E-state index is 12.1. The number of hydrogen-bond donors (Lipinski definition) is 3. The Morgan fingerprint density at radius 3 is 2.80 bits per heavy atom. The molecule has 1 fully saturated rings. The fourth-order valence-electron chi connectivity index (χ4n) is 2.44. The number of rotatable bonds is 6. The lowest BCUT2D eigenvalue weighted by Crippen LogP contribution is -2.29. The number of hydrazine groups is 1. The van der Waals surface area contributed by atoms with Crippen molar-refractivity contribution in [3.8, 4) is 0 Å². The average Bonchev–Trinajstić information content (AvgIpc) is 2.96. The summed E-state index contributed by atoms with van der Waals surface area (Å²) >= 11 is 5.91. The van der Waals surface area contributed by atoms with E-state index in [1.807, 2.05) is 0 Å². The van der Waals surface area contributed by atoms with Crippen LogP contribution in [-0.2, 0) is 0 Å². The van der Waals surface area contributed by atoms with Gasteiger partial charge in [0.15, 0.2) is 0 Å². The zero-order valence-electron chi connectivity index (χ0n) is 11.5. The Kier molecular flexibility index (Phi) is 5.64. The van der Waals surface area contributed by atoms with Gasteiger partial charge in [0.1, 0.15) is 0 Å². The van der Waals surface area contributed by atoms with E-state index >= 15 is 0 Å². The van der Waals surface area contributed by atoms with Crippen molar-refractivity contribution in [3.05, 3.63) is 28.8 Å². The number of benzene rings is 1. The van der Waals surface area contributed by atoms with E-state index in [1.54, 1.807) is 18.2 Å². The molecule has 0 radical (unpaired) electrons. The molecule has 110 valence electrons. The van der Waals surface area contributed by atoms with E-state index < -0.39 is 0 Å². The summed E-state index contributed by atoms with van der Waals surface area (Å²) in [5.41, 5.74) is 3.56. The molecule has 1 aliphatic rings. The SMILES string of the molecule is NNc1ccc(Cl)cc1C(=O)NCCCN1CCCC1. The Balaban J connectivity index is 1.80. The first-order valence-electron chi connectivity index (χ1n) is 6.97. The molecule has 1 amide bonds. The standard InChI is InChI=1S/C14H21ClN4O/c15-11-4-5-13(18-16)12(10-11)14(20)17-6-3-9-19-7-1-2-8-19/h4-5,10,18H,1-3,6-9,16H2,(H,17,20). The molecular formula is C14H21ClN4O. The number of nitrogens with one attached hydrogen (secondary N) is 2. The number of amides is 1. The van der Waals surface area contributed by atoms with E-state index in [4.69, 9.17) is 17.4 Å². The lowest BCUT2D eigenvalue weighted by atomic mass is 10.1. The van der Waals surface area contributed by atoms with Crippen molar-refractivity contribution < 1.29 is 4.79 Å². The van der Waals surface area contributed by atoms with Crippen LogP contribution in [0.5, 0.6) is 0 Å². The minimum Gasteiger partial charge on any atom is -0.352 e. The van der Waals surface area contributed by atoms with Crippen molar-refractivity contribution >= 4 is 23.2 Å². The van der Waals surface area contributed by atoms with Gasteiger partial charge in [0.25, 0.3) is 5.91 Å². The predicted octanol–water partition coefficient (Wildman–Crippen LogP) is 1.84. The molecule has 0 spiro atoms. The lowest BCUT2D eigenvalue weighted by Gasteiger charge is -2.15. The van der Waals surface area contributed by atoms with Crippen LogP contribution in [0.4, 0.5) is 5.69 Å². The molecule has 20 heavy (non-hydrogen) atoms. The Labute approximate surface area is 124 Å². The first kappa shape index (κ1) is 15.1. The molecule has 4 N–H and O–H groups in total. The Morgan fingerprint density at radius 2 is 2.10 bits per heavy atom. The Morgan fingerprint density at radius 1 is 1.35 bits per heavy atom. The molecule has 0 aliphatic carbocycles. The smallest absolute Gasteiger partial charge is 0.253 e. The molecule has 1 aromatic carbocycles. The van der Waals surface area contributed by atoms with Gasteiger partial charge in [-0.2, -0.15) is 0 Å². The van der Waals surface area contributed by atoms with Crippen LogP contribution in [-0.4, -0.2) is 37.0 Å². The van der Waals surface area contributed by atoms with Gasteiger partial charge in [-0.15, -0.1) is 0 Å². The molecule has 0 aromatic heterocycles. The number of anilines is 1. The van der Waals surface area contributed by atoms with E-state index in [2.05, 4.69) is 15.6 Å². The van der Waals surface area contributed by atoms with Crippen LogP contribution in [0.3, 0.4) is 0 Å². The third kappa shape index (κ3) is 4.10. The molecule has 5 nitrogen and oxygen atoms in total. The van der Waals surface area contributed by atoms with Crippen LogP contribution in [0.15, 0.2) is 18.2 Å². The van der Waals surface area contributed by atoms with E-state index in [0.717, 1.165) is 13.0 Å². The zero-order chi connectivity index (χ0) is 14.4. The number of nitrogens with zero attached hydrogens (tertiary/aromatic N) is 1. The van der Waals surface area contributed by atoms with Crippen LogP contribution < -0.4 is 16.6 Å². The van der Waals surface area contributed by atoms with E-state index in [0.29, 0.717) is 22.8 Å². The second kappa shape index (κ2) is 7.47.